The number of fused-ring (bicyclic) bond motifs is 6. The molecule has 454 valence electrons. The second-order valence-corrected chi connectivity index (χ2v) is 24.4. The average molecular weight is 1250 g/mol. The number of hydrogen-bond donors (Lipinski definition) is 0. The Morgan fingerprint density at radius 3 is 0.867 bits per heavy atom. The molecule has 0 aliphatic rings. The maximum atomic E-state index is 10.3. The topological polar surface area (TPSA) is 120 Å². The molecule has 3 heterocycles. The second-order valence-electron chi connectivity index (χ2n) is 24.4. The van der Waals surface area contributed by atoms with Gasteiger partial charge in [0.1, 0.15) is 0 Å². The number of hydrogen-bond acceptors (Lipinski definition) is 6. The lowest BCUT2D eigenvalue weighted by Gasteiger charge is -2.18. The SMILES string of the molecule is N#Cc1ccc(-c2ccc(-n3c4ccc(-c5ccccc5)cc4c4cc(-c5ccccc5)ccc43)cc2-c2nc(-c3ccccc3-c3cccc(C#N)c3)nc(-c3cc(-n4c5ccc(-c6ccccc6)cc5c5cc(-c6ccccc6)ccc54)ccc3-c3ccc(C#N)cc3)n2)cc1. The summed E-state index contributed by atoms with van der Waals surface area (Å²) in [5.41, 5.74) is 23.7. The van der Waals surface area contributed by atoms with Crippen LogP contribution in [0.3, 0.4) is 0 Å². The van der Waals surface area contributed by atoms with Gasteiger partial charge in [-0.2, -0.15) is 15.8 Å². The highest BCUT2D eigenvalue weighted by atomic mass is 15.0. The first-order valence-electron chi connectivity index (χ1n) is 32.5. The Morgan fingerprint density at radius 1 is 0.204 bits per heavy atom. The molecule has 0 spiro atoms. The van der Waals surface area contributed by atoms with E-state index in [2.05, 4.69) is 234 Å². The van der Waals surface area contributed by atoms with Gasteiger partial charge in [0, 0.05) is 49.6 Å². The minimum Gasteiger partial charge on any atom is -0.309 e. The highest BCUT2D eigenvalue weighted by molar-refractivity contribution is 6.13. The summed E-state index contributed by atoms with van der Waals surface area (Å²) < 4.78 is 4.68. The molecule has 0 radical (unpaired) electrons. The summed E-state index contributed by atoms with van der Waals surface area (Å²) in [6, 6.07) is 120. The van der Waals surface area contributed by atoms with E-state index in [-0.39, 0.29) is 0 Å². The summed E-state index contributed by atoms with van der Waals surface area (Å²) in [6.45, 7) is 0. The first-order chi connectivity index (χ1) is 48.4. The van der Waals surface area contributed by atoms with Gasteiger partial charge < -0.3 is 9.13 Å². The Morgan fingerprint density at radius 2 is 0.510 bits per heavy atom. The predicted molar refractivity (Wildman–Crippen MR) is 397 cm³/mol. The van der Waals surface area contributed by atoms with Gasteiger partial charge in [-0.25, -0.2) is 15.0 Å². The Balaban J connectivity index is 0.944. The van der Waals surface area contributed by atoms with E-state index in [9.17, 15) is 15.8 Å². The van der Waals surface area contributed by atoms with Crippen molar-refractivity contribution in [3.05, 3.63) is 344 Å². The van der Waals surface area contributed by atoms with Gasteiger partial charge >= 0.3 is 0 Å². The summed E-state index contributed by atoms with van der Waals surface area (Å²) in [7, 11) is 0. The van der Waals surface area contributed by atoms with Crippen molar-refractivity contribution in [2.45, 2.75) is 0 Å². The Bertz CT molecular complexity index is 5590. The number of aromatic nitrogens is 5. The normalized spacial score (nSPS) is 11.2. The average Bonchev–Trinajstić information content (AvgIpc) is 1.40. The molecule has 0 saturated carbocycles. The van der Waals surface area contributed by atoms with Crippen molar-refractivity contribution in [2.75, 3.05) is 0 Å². The van der Waals surface area contributed by atoms with Gasteiger partial charge in [-0.1, -0.05) is 218 Å². The monoisotopic (exact) mass is 1250 g/mol. The molecule has 17 aromatic rings. The number of benzene rings is 14. The molecule has 0 bridgehead atoms. The standard InChI is InChI=1S/C90H54N8/c91-55-58-28-32-65(33-29-58)75-42-40-72(97-84-44-36-67(61-17-5-1-6-18-61)49-78(84)79-50-68(37-45-85(79)97)62-19-7-2-8-20-62)53-82(75)89-94-88(77-27-14-13-26-74(77)71-25-15-16-60(48-71)57-93)95-90(96-89)83-54-73(41-43-76(83)66-34-30-59(56-92)31-35-66)98-86-46-38-69(63-21-9-3-10-22-63)51-80(86)81-52-70(39-47-87(81)98)64-23-11-4-12-24-64/h1-54H. The minimum atomic E-state index is 0.403. The van der Waals surface area contributed by atoms with E-state index in [1.165, 1.54) is 0 Å². The zero-order valence-electron chi connectivity index (χ0n) is 52.8. The molecule has 3 aromatic heterocycles. The molecule has 0 aliphatic carbocycles. The predicted octanol–water partition coefficient (Wildman–Crippen LogP) is 22.4. The van der Waals surface area contributed by atoms with Crippen LogP contribution in [0.1, 0.15) is 16.7 Å². The maximum Gasteiger partial charge on any atom is 0.164 e. The minimum absolute atomic E-state index is 0.403. The highest BCUT2D eigenvalue weighted by Crippen LogP contribution is 2.44. The molecule has 0 N–H and O–H groups in total. The summed E-state index contributed by atoms with van der Waals surface area (Å²) in [5.74, 6) is 1.22. The lowest BCUT2D eigenvalue weighted by molar-refractivity contribution is 1.07. The molecule has 0 amide bonds. The molecule has 8 heteroatoms. The van der Waals surface area contributed by atoms with Crippen molar-refractivity contribution in [3.8, 4) is 142 Å². The first kappa shape index (κ1) is 58.0. The van der Waals surface area contributed by atoms with Gasteiger partial charge in [0.25, 0.3) is 0 Å². The van der Waals surface area contributed by atoms with Gasteiger partial charge in [0.2, 0.25) is 0 Å². The van der Waals surface area contributed by atoms with Crippen molar-refractivity contribution in [1.29, 1.82) is 15.8 Å². The van der Waals surface area contributed by atoms with Crippen LogP contribution in [0.15, 0.2) is 328 Å². The van der Waals surface area contributed by atoms with E-state index in [1.807, 2.05) is 121 Å². The van der Waals surface area contributed by atoms with Crippen LogP contribution >= 0.6 is 0 Å². The summed E-state index contributed by atoms with van der Waals surface area (Å²) >= 11 is 0. The van der Waals surface area contributed by atoms with E-state index in [0.29, 0.717) is 34.2 Å². The van der Waals surface area contributed by atoms with E-state index in [0.717, 1.165) is 150 Å². The first-order valence-corrected chi connectivity index (χ1v) is 32.5. The molecule has 0 atom stereocenters. The van der Waals surface area contributed by atoms with Gasteiger partial charge in [0.15, 0.2) is 17.5 Å². The fourth-order valence-electron chi connectivity index (χ4n) is 13.9. The summed E-state index contributed by atoms with van der Waals surface area (Å²) in [5, 5.41) is 34.9. The van der Waals surface area contributed by atoms with Crippen LogP contribution < -0.4 is 0 Å². The zero-order valence-corrected chi connectivity index (χ0v) is 52.8. The third kappa shape index (κ3) is 10.5. The fourth-order valence-corrected chi connectivity index (χ4v) is 13.9. The van der Waals surface area contributed by atoms with E-state index in [4.69, 9.17) is 15.0 Å². The van der Waals surface area contributed by atoms with E-state index >= 15 is 0 Å². The largest absolute Gasteiger partial charge is 0.309 e. The number of nitriles is 3. The van der Waals surface area contributed by atoms with Crippen LogP contribution in [-0.2, 0) is 0 Å². The van der Waals surface area contributed by atoms with Crippen LogP contribution in [0.2, 0.25) is 0 Å². The van der Waals surface area contributed by atoms with Crippen LogP contribution in [-0.4, -0.2) is 24.1 Å². The van der Waals surface area contributed by atoms with Gasteiger partial charge in [-0.15, -0.1) is 0 Å². The van der Waals surface area contributed by atoms with E-state index < -0.39 is 0 Å². The Kier molecular flexibility index (Phi) is 14.5. The van der Waals surface area contributed by atoms with Gasteiger partial charge in [-0.05, 0) is 187 Å². The van der Waals surface area contributed by atoms with Crippen molar-refractivity contribution in [1.82, 2.24) is 24.1 Å². The number of nitrogens with zero attached hydrogens (tertiary/aromatic N) is 8. The molecular weight excluding hydrogens is 1190 g/mol. The Hall–Kier alpha value is -13.8. The lowest BCUT2D eigenvalue weighted by Crippen LogP contribution is -2.04. The van der Waals surface area contributed by atoms with Crippen molar-refractivity contribution >= 4 is 43.6 Å². The third-order valence-corrected chi connectivity index (χ3v) is 18.7. The van der Waals surface area contributed by atoms with Crippen LogP contribution in [0, 0.1) is 34.0 Å². The maximum absolute atomic E-state index is 10.3. The molecule has 17 rings (SSSR count). The fraction of sp³-hybridized carbons (Fsp3) is 0. The third-order valence-electron chi connectivity index (χ3n) is 18.7. The Labute approximate surface area is 566 Å². The van der Waals surface area contributed by atoms with Crippen molar-refractivity contribution in [3.63, 3.8) is 0 Å². The lowest BCUT2D eigenvalue weighted by atomic mass is 9.95. The van der Waals surface area contributed by atoms with Crippen molar-refractivity contribution < 1.29 is 0 Å². The van der Waals surface area contributed by atoms with Gasteiger partial charge in [-0.3, -0.25) is 0 Å². The molecule has 0 aliphatic heterocycles. The molecule has 14 aromatic carbocycles. The molecular formula is C90H54N8. The van der Waals surface area contributed by atoms with E-state index in [1.54, 1.807) is 0 Å². The molecule has 8 nitrogen and oxygen atoms in total. The van der Waals surface area contributed by atoms with Crippen LogP contribution in [0.25, 0.3) is 167 Å². The molecule has 98 heavy (non-hydrogen) atoms. The van der Waals surface area contributed by atoms with Gasteiger partial charge in [0.05, 0.1) is 57.0 Å². The molecule has 0 fully saturated rings. The second kappa shape index (κ2) is 24.6. The van der Waals surface area contributed by atoms with Crippen LogP contribution in [0.4, 0.5) is 0 Å². The quantitative estimate of drug-likeness (QED) is 0.120. The van der Waals surface area contributed by atoms with Crippen LogP contribution in [0.5, 0.6) is 0 Å². The smallest absolute Gasteiger partial charge is 0.164 e. The summed E-state index contributed by atoms with van der Waals surface area (Å²) in [6.07, 6.45) is 0. The zero-order chi connectivity index (χ0) is 65.6. The highest BCUT2D eigenvalue weighted by Gasteiger charge is 2.25. The molecule has 0 saturated heterocycles. The molecule has 0 unspecified atom stereocenters. The summed E-state index contributed by atoms with van der Waals surface area (Å²) in [4.78, 5) is 17.0. The number of rotatable bonds is 12. The van der Waals surface area contributed by atoms with Crippen molar-refractivity contribution in [2.24, 2.45) is 0 Å².